The molecule has 0 bridgehead atoms. The van der Waals surface area contributed by atoms with Crippen LogP contribution in [0.2, 0.25) is 10.0 Å². The summed E-state index contributed by atoms with van der Waals surface area (Å²) in [6.07, 6.45) is 4.06. The van der Waals surface area contributed by atoms with Crippen molar-refractivity contribution in [2.75, 3.05) is 13.2 Å². The van der Waals surface area contributed by atoms with Crippen LogP contribution in [0.15, 0.2) is 120 Å². The lowest BCUT2D eigenvalue weighted by atomic mass is 9.92. The molecule has 2 unspecified atom stereocenters. The van der Waals surface area contributed by atoms with Gasteiger partial charge in [-0.2, -0.15) is 5.26 Å². The number of fused-ring (bicyclic) bond motifs is 2. The zero-order valence-electron chi connectivity index (χ0n) is 29.7. The predicted molar refractivity (Wildman–Crippen MR) is 209 cm³/mol. The van der Waals surface area contributed by atoms with Crippen LogP contribution in [0.25, 0.3) is 11.1 Å². The number of rotatable bonds is 11. The first-order valence-electron chi connectivity index (χ1n) is 18.0. The number of carbonyl (C=O) groups excluding carboxylic acids is 1. The predicted octanol–water partition coefficient (Wildman–Crippen LogP) is 8.90. The van der Waals surface area contributed by atoms with Crippen LogP contribution in [0.4, 0.5) is 0 Å². The summed E-state index contributed by atoms with van der Waals surface area (Å²) < 4.78 is 24.3. The minimum Gasteiger partial charge on any atom is -0.489 e. The van der Waals surface area contributed by atoms with E-state index in [1.165, 1.54) is 0 Å². The number of carbonyl (C=O) groups is 1. The molecule has 0 aliphatic carbocycles. The van der Waals surface area contributed by atoms with Gasteiger partial charge in [0.25, 0.3) is 0 Å². The molecule has 1 amide bonds. The number of amides is 1. The average molecular weight is 772 g/mol. The van der Waals surface area contributed by atoms with Gasteiger partial charge in [-0.25, -0.2) is 4.98 Å². The van der Waals surface area contributed by atoms with Crippen molar-refractivity contribution in [3.05, 3.63) is 165 Å². The fraction of sp³-hybridized carbons (Fsp3) is 0.205. The number of oxazole rings is 1. The Kier molecular flexibility index (Phi) is 10.7. The number of nitrogens with one attached hydrogen (secondary N) is 1. The first-order chi connectivity index (χ1) is 26.9. The van der Waals surface area contributed by atoms with Crippen LogP contribution >= 0.6 is 23.2 Å². The molecule has 11 heteroatoms. The van der Waals surface area contributed by atoms with Crippen molar-refractivity contribution in [1.29, 1.82) is 5.26 Å². The molecule has 0 fully saturated rings. The van der Waals surface area contributed by atoms with Gasteiger partial charge in [0.05, 0.1) is 40.5 Å². The Balaban J connectivity index is 0.905. The van der Waals surface area contributed by atoms with Crippen molar-refractivity contribution < 1.29 is 23.4 Å². The van der Waals surface area contributed by atoms with Crippen LogP contribution < -0.4 is 19.5 Å². The molecular formula is C44H36Cl2N4O5. The van der Waals surface area contributed by atoms with Gasteiger partial charge in [-0.05, 0) is 100 Å². The maximum absolute atomic E-state index is 13.8. The second kappa shape index (κ2) is 16.3. The summed E-state index contributed by atoms with van der Waals surface area (Å²) in [7, 11) is 0. The van der Waals surface area contributed by atoms with Crippen molar-refractivity contribution in [2.24, 2.45) is 0 Å². The van der Waals surface area contributed by atoms with E-state index in [1.807, 2.05) is 66.7 Å². The zero-order chi connectivity index (χ0) is 37.7. The van der Waals surface area contributed by atoms with Gasteiger partial charge in [0.1, 0.15) is 25.2 Å². The smallest absolute Gasteiger partial charge is 0.237 e. The van der Waals surface area contributed by atoms with E-state index < -0.39 is 6.04 Å². The molecular weight excluding hydrogens is 735 g/mol. The molecule has 0 saturated carbocycles. The minimum absolute atomic E-state index is 0.0502. The third-order valence-corrected chi connectivity index (χ3v) is 10.7. The van der Waals surface area contributed by atoms with E-state index in [1.54, 1.807) is 24.6 Å². The van der Waals surface area contributed by atoms with Gasteiger partial charge in [-0.1, -0.05) is 77.8 Å². The highest BCUT2D eigenvalue weighted by Gasteiger charge is 2.34. The number of ether oxygens (including phenoxy) is 3. The molecule has 55 heavy (non-hydrogen) atoms. The van der Waals surface area contributed by atoms with E-state index in [0.717, 1.165) is 44.7 Å². The number of benzene rings is 5. The zero-order valence-corrected chi connectivity index (χ0v) is 31.2. The summed E-state index contributed by atoms with van der Waals surface area (Å²) >= 11 is 12.2. The van der Waals surface area contributed by atoms with Crippen molar-refractivity contribution in [3.8, 4) is 34.4 Å². The first-order valence-corrected chi connectivity index (χ1v) is 18.8. The van der Waals surface area contributed by atoms with Gasteiger partial charge < -0.3 is 23.9 Å². The number of aromatic nitrogens is 1. The topological polar surface area (TPSA) is 110 Å². The number of hydrogen-bond acceptors (Lipinski definition) is 8. The van der Waals surface area contributed by atoms with Crippen LogP contribution in [0.1, 0.15) is 45.4 Å². The molecule has 1 N–H and O–H groups in total. The highest BCUT2D eigenvalue weighted by molar-refractivity contribution is 6.42. The molecule has 5 aromatic carbocycles. The molecule has 6 aromatic rings. The van der Waals surface area contributed by atoms with Crippen molar-refractivity contribution in [3.63, 3.8) is 0 Å². The standard InChI is InChI=1S/C44H36Cl2N4O5/c45-37-14-5-30(19-38(37)46)26-53-36-12-10-33(11-13-36)42-27-54-40-21-34-20-39(50(25-43-48-17-18-52-43)24-35(34)22-41(40)55-42)44(51)49-16-15-28-1-6-31(7-2-28)32-8-3-29(23-47)4-9-32/h1-14,17-19,21-22,39,42H,15-16,20,24-27H2,(H,49,51). The van der Waals surface area contributed by atoms with E-state index in [9.17, 15) is 4.79 Å². The third kappa shape index (κ3) is 8.48. The summed E-state index contributed by atoms with van der Waals surface area (Å²) in [5.41, 5.74) is 7.88. The monoisotopic (exact) mass is 770 g/mol. The Labute approximate surface area is 329 Å². The van der Waals surface area contributed by atoms with Gasteiger partial charge >= 0.3 is 0 Å². The summed E-state index contributed by atoms with van der Waals surface area (Å²) in [6, 6.07) is 34.8. The van der Waals surface area contributed by atoms with E-state index >= 15 is 0 Å². The molecule has 8 rings (SSSR count). The maximum atomic E-state index is 13.8. The molecule has 1 aromatic heterocycles. The van der Waals surface area contributed by atoms with Crippen LogP contribution in [-0.2, 0) is 37.3 Å². The molecule has 9 nitrogen and oxygen atoms in total. The molecule has 2 aliphatic heterocycles. The minimum atomic E-state index is -0.425. The lowest BCUT2D eigenvalue weighted by molar-refractivity contribution is -0.127. The van der Waals surface area contributed by atoms with Crippen molar-refractivity contribution >= 4 is 29.1 Å². The first kappa shape index (κ1) is 36.2. The fourth-order valence-electron chi connectivity index (χ4n) is 6.92. The number of nitriles is 1. The molecule has 2 atom stereocenters. The molecule has 0 saturated heterocycles. The van der Waals surface area contributed by atoms with E-state index in [4.69, 9.17) is 47.1 Å². The Morgan fingerprint density at radius 1 is 0.891 bits per heavy atom. The van der Waals surface area contributed by atoms with E-state index in [-0.39, 0.29) is 12.0 Å². The van der Waals surface area contributed by atoms with Crippen molar-refractivity contribution in [2.45, 2.75) is 44.7 Å². The van der Waals surface area contributed by atoms with Crippen molar-refractivity contribution in [1.82, 2.24) is 15.2 Å². The second-order valence-corrected chi connectivity index (χ2v) is 14.4. The van der Waals surface area contributed by atoms with E-state index in [0.29, 0.717) is 78.7 Å². The summed E-state index contributed by atoms with van der Waals surface area (Å²) in [6.45, 7) is 2.11. The Morgan fingerprint density at radius 3 is 2.36 bits per heavy atom. The fourth-order valence-corrected chi connectivity index (χ4v) is 7.24. The van der Waals surface area contributed by atoms with Crippen LogP contribution in [0.5, 0.6) is 17.2 Å². The van der Waals surface area contributed by atoms with Gasteiger partial charge in [0, 0.05) is 13.1 Å². The largest absolute Gasteiger partial charge is 0.489 e. The number of nitrogens with zero attached hydrogens (tertiary/aromatic N) is 3. The van der Waals surface area contributed by atoms with Crippen LogP contribution in [-0.4, -0.2) is 35.0 Å². The SMILES string of the molecule is N#Cc1ccc(-c2ccc(CCNC(=O)C3Cc4cc5c(cc4CN3Cc3ncco3)OC(c3ccc(OCc4ccc(Cl)c(Cl)c4)cc3)CO5)cc2)cc1. The summed E-state index contributed by atoms with van der Waals surface area (Å²) in [4.78, 5) is 20.2. The van der Waals surface area contributed by atoms with Crippen LogP contribution in [0.3, 0.4) is 0 Å². The maximum Gasteiger partial charge on any atom is 0.237 e. The Bertz CT molecular complexity index is 2330. The molecule has 0 radical (unpaired) electrons. The third-order valence-electron chi connectivity index (χ3n) is 9.93. The second-order valence-electron chi connectivity index (χ2n) is 13.6. The van der Waals surface area contributed by atoms with Gasteiger partial charge in [0.15, 0.2) is 17.6 Å². The quantitative estimate of drug-likeness (QED) is 0.139. The average Bonchev–Trinajstić information content (AvgIpc) is 3.74. The number of halogens is 2. The Morgan fingerprint density at radius 2 is 1.64 bits per heavy atom. The van der Waals surface area contributed by atoms with Gasteiger partial charge in [-0.15, -0.1) is 0 Å². The lowest BCUT2D eigenvalue weighted by Gasteiger charge is -2.36. The van der Waals surface area contributed by atoms with E-state index in [2.05, 4.69) is 45.5 Å². The highest BCUT2D eigenvalue weighted by atomic mass is 35.5. The molecule has 0 spiro atoms. The van der Waals surface area contributed by atoms with Gasteiger partial charge in [-0.3, -0.25) is 9.69 Å². The highest BCUT2D eigenvalue weighted by Crippen LogP contribution is 2.41. The molecule has 276 valence electrons. The van der Waals surface area contributed by atoms with Crippen LogP contribution in [0, 0.1) is 11.3 Å². The number of hydrogen-bond donors (Lipinski definition) is 1. The molecule has 3 heterocycles. The summed E-state index contributed by atoms with van der Waals surface area (Å²) in [5, 5.41) is 13.3. The normalized spacial score (nSPS) is 16.2. The summed E-state index contributed by atoms with van der Waals surface area (Å²) in [5.74, 6) is 2.55. The van der Waals surface area contributed by atoms with Gasteiger partial charge in [0.2, 0.25) is 11.8 Å². The molecule has 2 aliphatic rings. The Hall–Kier alpha value is -5.79. The lowest BCUT2D eigenvalue weighted by Crippen LogP contribution is -2.50.